The Bertz CT molecular complexity index is 1890. The summed E-state index contributed by atoms with van der Waals surface area (Å²) in [5.41, 5.74) is 3.40. The Balaban J connectivity index is 1.26. The van der Waals surface area contributed by atoms with Crippen molar-refractivity contribution in [3.63, 3.8) is 0 Å². The lowest BCUT2D eigenvalue weighted by molar-refractivity contribution is -0.114. The Hall–Kier alpha value is -5.52. The van der Waals surface area contributed by atoms with Crippen LogP contribution in [0.25, 0.3) is 17.2 Å². The maximum Gasteiger partial charge on any atom is 0.341 e. The molecule has 0 aliphatic heterocycles. The van der Waals surface area contributed by atoms with E-state index in [2.05, 4.69) is 20.9 Å². The minimum absolute atomic E-state index is 0.0347. The highest BCUT2D eigenvalue weighted by Crippen LogP contribution is 2.36. The zero-order valence-corrected chi connectivity index (χ0v) is 26.9. The number of aromatic nitrogens is 1. The number of carbonyl (C=O) groups excluding carboxylic acids is 4. The molecule has 236 valence electrons. The largest absolute Gasteiger partial charge is 0.462 e. The van der Waals surface area contributed by atoms with Crippen LogP contribution in [0.4, 0.5) is 10.7 Å². The molecule has 9 nitrogen and oxygen atoms in total. The summed E-state index contributed by atoms with van der Waals surface area (Å²) < 4.78 is 5.28. The lowest BCUT2D eigenvalue weighted by Crippen LogP contribution is -2.30. The number of rotatable bonds is 12. The monoisotopic (exact) mass is 662 g/mol. The maximum absolute atomic E-state index is 13.4. The Morgan fingerprint density at radius 1 is 0.894 bits per heavy atom. The summed E-state index contributed by atoms with van der Waals surface area (Å²) in [6.45, 7) is 1.94. The van der Waals surface area contributed by atoms with Crippen LogP contribution in [0, 0.1) is 0 Å². The Morgan fingerprint density at radius 2 is 1.66 bits per heavy atom. The van der Waals surface area contributed by atoms with Crippen LogP contribution in [0.2, 0.25) is 0 Å². The van der Waals surface area contributed by atoms with Crippen LogP contribution in [0.1, 0.15) is 33.2 Å². The predicted octanol–water partition coefficient (Wildman–Crippen LogP) is 7.13. The summed E-state index contributed by atoms with van der Waals surface area (Å²) >= 11 is 2.53. The van der Waals surface area contributed by atoms with E-state index in [-0.39, 0.29) is 24.0 Å². The van der Waals surface area contributed by atoms with E-state index in [1.54, 1.807) is 86.1 Å². The molecule has 0 atom stereocenters. The van der Waals surface area contributed by atoms with E-state index in [9.17, 15) is 19.2 Å². The maximum atomic E-state index is 13.4. The van der Waals surface area contributed by atoms with Crippen molar-refractivity contribution in [2.24, 2.45) is 0 Å². The van der Waals surface area contributed by atoms with E-state index in [1.165, 1.54) is 23.1 Å². The molecule has 0 unspecified atom stereocenters. The number of ether oxygens (including phenoxy) is 1. The molecule has 3 aromatic carbocycles. The second kappa shape index (κ2) is 16.2. The molecule has 0 radical (unpaired) electrons. The van der Waals surface area contributed by atoms with Crippen LogP contribution in [-0.2, 0) is 14.3 Å². The van der Waals surface area contributed by atoms with E-state index >= 15 is 0 Å². The van der Waals surface area contributed by atoms with Crippen molar-refractivity contribution in [2.75, 3.05) is 23.0 Å². The number of amides is 3. The van der Waals surface area contributed by atoms with Gasteiger partial charge in [-0.2, -0.15) is 0 Å². The zero-order chi connectivity index (χ0) is 33.0. The van der Waals surface area contributed by atoms with Gasteiger partial charge in [-0.05, 0) is 60.5 Å². The fourth-order valence-electron chi connectivity index (χ4n) is 4.43. The molecule has 0 aliphatic carbocycles. The predicted molar refractivity (Wildman–Crippen MR) is 186 cm³/mol. The number of thioether (sulfide) groups is 1. The number of nitrogens with zero attached hydrogens (tertiary/aromatic N) is 1. The van der Waals surface area contributed by atoms with E-state index in [0.29, 0.717) is 32.9 Å². The topological polar surface area (TPSA) is 126 Å². The van der Waals surface area contributed by atoms with Crippen LogP contribution in [-0.4, -0.2) is 41.0 Å². The van der Waals surface area contributed by atoms with Gasteiger partial charge in [0.2, 0.25) is 5.91 Å². The molecule has 0 bridgehead atoms. The number of anilines is 2. The standard InChI is InChI=1S/C36H30N4O5S2/c1-2-45-36(44)32-29(25-12-5-3-6-13-25)22-47-35(32)40-31(41)23-46-28-17-9-16-27(20-28)38-34(43)30(19-24-11-10-18-37-21-24)39-33(42)26-14-7-4-8-15-26/h3-22H,2,23H2,1H3,(H,38,43)(H,39,42)(H,40,41)/b30-19-. The van der Waals surface area contributed by atoms with Gasteiger partial charge in [-0.25, -0.2) is 4.79 Å². The molecular weight excluding hydrogens is 633 g/mol. The first-order valence-electron chi connectivity index (χ1n) is 14.6. The first-order chi connectivity index (χ1) is 22.9. The summed E-state index contributed by atoms with van der Waals surface area (Å²) in [6, 6.07) is 28.6. The highest BCUT2D eigenvalue weighted by Gasteiger charge is 2.23. The minimum Gasteiger partial charge on any atom is -0.462 e. The Morgan fingerprint density at radius 3 is 2.38 bits per heavy atom. The molecule has 0 saturated heterocycles. The number of carbonyl (C=O) groups is 4. The van der Waals surface area contributed by atoms with Gasteiger partial charge in [-0.15, -0.1) is 23.1 Å². The van der Waals surface area contributed by atoms with Gasteiger partial charge >= 0.3 is 5.97 Å². The van der Waals surface area contributed by atoms with Crippen molar-refractivity contribution < 1.29 is 23.9 Å². The first kappa shape index (κ1) is 32.9. The number of pyridine rings is 1. The van der Waals surface area contributed by atoms with E-state index < -0.39 is 17.8 Å². The van der Waals surface area contributed by atoms with Crippen LogP contribution < -0.4 is 16.0 Å². The first-order valence-corrected chi connectivity index (χ1v) is 16.4. The molecule has 3 N–H and O–H groups in total. The van der Waals surface area contributed by atoms with E-state index in [1.807, 2.05) is 41.8 Å². The van der Waals surface area contributed by atoms with E-state index in [0.717, 1.165) is 10.5 Å². The van der Waals surface area contributed by atoms with Gasteiger partial charge in [-0.1, -0.05) is 60.7 Å². The number of thiophene rings is 1. The van der Waals surface area contributed by atoms with Crippen molar-refractivity contribution in [2.45, 2.75) is 11.8 Å². The van der Waals surface area contributed by atoms with Crippen LogP contribution in [0.3, 0.4) is 0 Å². The third-order valence-electron chi connectivity index (χ3n) is 6.59. The molecule has 0 aliphatic rings. The second-order valence-corrected chi connectivity index (χ2v) is 11.9. The van der Waals surface area contributed by atoms with Gasteiger partial charge in [-0.3, -0.25) is 19.4 Å². The average Bonchev–Trinajstić information content (AvgIpc) is 3.52. The van der Waals surface area contributed by atoms with Crippen LogP contribution >= 0.6 is 23.1 Å². The summed E-state index contributed by atoms with van der Waals surface area (Å²) in [4.78, 5) is 56.9. The molecule has 0 saturated carbocycles. The molecule has 0 spiro atoms. The summed E-state index contributed by atoms with van der Waals surface area (Å²) in [5.74, 6) is -1.72. The van der Waals surface area contributed by atoms with Crippen molar-refractivity contribution in [3.8, 4) is 11.1 Å². The van der Waals surface area contributed by atoms with Gasteiger partial charge in [0, 0.05) is 39.5 Å². The van der Waals surface area contributed by atoms with Crippen molar-refractivity contribution >= 4 is 63.6 Å². The third kappa shape index (κ3) is 9.03. The van der Waals surface area contributed by atoms with Gasteiger partial charge < -0.3 is 20.7 Å². The fourth-order valence-corrected chi connectivity index (χ4v) is 6.16. The zero-order valence-electron chi connectivity index (χ0n) is 25.3. The minimum atomic E-state index is -0.531. The second-order valence-electron chi connectivity index (χ2n) is 9.92. The molecule has 0 fully saturated rings. The normalized spacial score (nSPS) is 11.0. The number of esters is 1. The highest BCUT2D eigenvalue weighted by molar-refractivity contribution is 8.00. The van der Waals surface area contributed by atoms with Crippen LogP contribution in [0.5, 0.6) is 0 Å². The van der Waals surface area contributed by atoms with Gasteiger partial charge in [0.05, 0.1) is 12.4 Å². The lowest BCUT2D eigenvalue weighted by atomic mass is 10.0. The molecular formula is C36H30N4O5S2. The van der Waals surface area contributed by atoms with Crippen molar-refractivity contribution in [1.82, 2.24) is 10.3 Å². The Kier molecular flexibility index (Phi) is 11.3. The molecule has 2 aromatic heterocycles. The lowest BCUT2D eigenvalue weighted by Gasteiger charge is -2.12. The van der Waals surface area contributed by atoms with Crippen LogP contribution in [0.15, 0.2) is 125 Å². The van der Waals surface area contributed by atoms with Gasteiger partial charge in [0.15, 0.2) is 0 Å². The molecule has 47 heavy (non-hydrogen) atoms. The van der Waals surface area contributed by atoms with E-state index in [4.69, 9.17) is 4.74 Å². The number of nitrogens with one attached hydrogen (secondary N) is 3. The summed E-state index contributed by atoms with van der Waals surface area (Å²) in [6.07, 6.45) is 4.74. The average molecular weight is 663 g/mol. The Labute approximate surface area is 280 Å². The SMILES string of the molecule is CCOC(=O)c1c(-c2ccccc2)csc1NC(=O)CSc1cccc(NC(=O)/C(=C/c2cccnc2)NC(=O)c2ccccc2)c1. The summed E-state index contributed by atoms with van der Waals surface area (Å²) in [7, 11) is 0. The molecule has 11 heteroatoms. The van der Waals surface area contributed by atoms with Gasteiger partial charge in [0.1, 0.15) is 16.3 Å². The van der Waals surface area contributed by atoms with Gasteiger partial charge in [0.25, 0.3) is 11.8 Å². The number of hydrogen-bond donors (Lipinski definition) is 3. The summed E-state index contributed by atoms with van der Waals surface area (Å²) in [5, 5.41) is 10.6. The quantitative estimate of drug-likeness (QED) is 0.0737. The highest BCUT2D eigenvalue weighted by atomic mass is 32.2. The van der Waals surface area contributed by atoms with Crippen molar-refractivity contribution in [3.05, 3.63) is 137 Å². The molecule has 5 aromatic rings. The fraction of sp³-hybridized carbons (Fsp3) is 0.0833. The van der Waals surface area contributed by atoms with Crippen molar-refractivity contribution in [1.29, 1.82) is 0 Å². The molecule has 5 rings (SSSR count). The number of benzene rings is 3. The smallest absolute Gasteiger partial charge is 0.341 e. The molecule has 2 heterocycles. The third-order valence-corrected chi connectivity index (χ3v) is 8.48. The molecule has 3 amide bonds. The number of hydrogen-bond acceptors (Lipinski definition) is 8.